The van der Waals surface area contributed by atoms with Gasteiger partial charge in [-0.3, -0.25) is 0 Å². The average Bonchev–Trinajstić information content (AvgIpc) is 3.09. The fraction of sp³-hybridized carbons (Fsp3) is 0.600. The lowest BCUT2D eigenvalue weighted by atomic mass is 9.99. The summed E-state index contributed by atoms with van der Waals surface area (Å²) in [6.45, 7) is 4.10. The Balaban J connectivity index is 1.65. The van der Waals surface area contributed by atoms with Gasteiger partial charge >= 0.3 is 0 Å². The Morgan fingerprint density at radius 2 is 2.15 bits per heavy atom. The van der Waals surface area contributed by atoms with Crippen molar-refractivity contribution in [3.63, 3.8) is 0 Å². The molecule has 0 unspecified atom stereocenters. The van der Waals surface area contributed by atoms with Crippen LogP contribution in [0.25, 0.3) is 10.8 Å². The molecule has 1 aliphatic rings. The van der Waals surface area contributed by atoms with Crippen molar-refractivity contribution in [2.24, 2.45) is 0 Å². The fourth-order valence-electron chi connectivity index (χ4n) is 2.55. The van der Waals surface area contributed by atoms with Crippen LogP contribution in [0.5, 0.6) is 0 Å². The first-order chi connectivity index (χ1) is 9.86. The molecule has 2 aromatic rings. The zero-order chi connectivity index (χ0) is 13.8. The number of thiophene rings is 1. The van der Waals surface area contributed by atoms with Crippen molar-refractivity contribution < 1.29 is 4.42 Å². The van der Waals surface area contributed by atoms with Gasteiger partial charge in [-0.05, 0) is 50.3 Å². The number of hydrogen-bond donors (Lipinski definition) is 1. The lowest BCUT2D eigenvalue weighted by Gasteiger charge is -2.08. The van der Waals surface area contributed by atoms with Crippen LogP contribution >= 0.6 is 11.3 Å². The van der Waals surface area contributed by atoms with E-state index in [-0.39, 0.29) is 0 Å². The molecule has 0 spiro atoms. The highest BCUT2D eigenvalue weighted by atomic mass is 32.1. The summed E-state index contributed by atoms with van der Waals surface area (Å²) >= 11 is 1.82. The van der Waals surface area contributed by atoms with Gasteiger partial charge in [0.05, 0.1) is 4.88 Å². The Bertz CT molecular complexity index is 538. The first-order valence-electron chi connectivity index (χ1n) is 7.52. The van der Waals surface area contributed by atoms with E-state index >= 15 is 0 Å². The first-order valence-corrected chi connectivity index (χ1v) is 8.33. The maximum Gasteiger partial charge on any atom is 0.257 e. The highest BCUT2D eigenvalue weighted by Crippen LogP contribution is 2.35. The minimum Gasteiger partial charge on any atom is -0.420 e. The molecule has 108 valence electrons. The second-order valence-corrected chi connectivity index (χ2v) is 6.40. The van der Waals surface area contributed by atoms with Crippen molar-refractivity contribution in [3.05, 3.63) is 22.4 Å². The molecule has 0 aromatic carbocycles. The van der Waals surface area contributed by atoms with E-state index in [0.717, 1.165) is 36.7 Å². The van der Waals surface area contributed by atoms with Crippen molar-refractivity contribution in [1.82, 2.24) is 15.5 Å². The molecule has 4 nitrogen and oxygen atoms in total. The predicted octanol–water partition coefficient (Wildman–Crippen LogP) is 3.22. The van der Waals surface area contributed by atoms with Crippen LogP contribution in [0.2, 0.25) is 0 Å². The van der Waals surface area contributed by atoms with Crippen LogP contribution in [0.3, 0.4) is 0 Å². The highest BCUT2D eigenvalue weighted by Gasteiger charge is 2.17. The summed E-state index contributed by atoms with van der Waals surface area (Å²) in [5.41, 5.74) is 1.49. The summed E-state index contributed by atoms with van der Waals surface area (Å²) in [6, 6.07) is 2.24. The SMILES string of the molecule is CCCNCCc1nnc(-c2cc3c(s2)CCCC3)o1. The van der Waals surface area contributed by atoms with E-state index in [1.165, 1.54) is 36.1 Å². The van der Waals surface area contributed by atoms with Gasteiger partial charge in [0.25, 0.3) is 5.89 Å². The smallest absolute Gasteiger partial charge is 0.257 e. The molecule has 2 heterocycles. The standard InChI is InChI=1S/C15H21N3OS/c1-2-8-16-9-7-14-17-18-15(19-14)13-10-11-5-3-4-6-12(11)20-13/h10,16H,2-9H2,1H3. The second-order valence-electron chi connectivity index (χ2n) is 5.27. The zero-order valence-electron chi connectivity index (χ0n) is 11.9. The van der Waals surface area contributed by atoms with Gasteiger partial charge in [-0.2, -0.15) is 0 Å². The number of rotatable bonds is 6. The van der Waals surface area contributed by atoms with Crippen molar-refractivity contribution in [2.75, 3.05) is 13.1 Å². The number of aryl methyl sites for hydroxylation is 2. The molecule has 0 amide bonds. The number of fused-ring (bicyclic) bond motifs is 1. The fourth-order valence-corrected chi connectivity index (χ4v) is 3.72. The molecule has 3 rings (SSSR count). The van der Waals surface area contributed by atoms with Crippen molar-refractivity contribution in [1.29, 1.82) is 0 Å². The van der Waals surface area contributed by atoms with Crippen LogP contribution in [0.4, 0.5) is 0 Å². The van der Waals surface area contributed by atoms with Crippen molar-refractivity contribution >= 4 is 11.3 Å². The van der Waals surface area contributed by atoms with Crippen LogP contribution in [0, 0.1) is 0 Å². The van der Waals surface area contributed by atoms with Gasteiger partial charge in [-0.15, -0.1) is 21.5 Å². The molecule has 0 radical (unpaired) electrons. The lowest BCUT2D eigenvalue weighted by molar-refractivity contribution is 0.495. The molecule has 1 N–H and O–H groups in total. The molecule has 0 saturated heterocycles. The summed E-state index contributed by atoms with van der Waals surface area (Å²) in [6.07, 6.45) is 6.98. The Labute approximate surface area is 123 Å². The maximum absolute atomic E-state index is 5.78. The van der Waals surface area contributed by atoms with E-state index in [0.29, 0.717) is 5.89 Å². The monoisotopic (exact) mass is 291 g/mol. The number of aromatic nitrogens is 2. The van der Waals surface area contributed by atoms with Crippen molar-refractivity contribution in [2.45, 2.75) is 45.4 Å². The normalized spacial score (nSPS) is 14.4. The Morgan fingerprint density at radius 1 is 1.25 bits per heavy atom. The van der Waals surface area contributed by atoms with Gasteiger partial charge < -0.3 is 9.73 Å². The number of nitrogens with zero attached hydrogens (tertiary/aromatic N) is 2. The number of nitrogens with one attached hydrogen (secondary N) is 1. The van der Waals surface area contributed by atoms with Crippen LogP contribution < -0.4 is 5.32 Å². The molecule has 1 aliphatic carbocycles. The van der Waals surface area contributed by atoms with E-state index in [2.05, 4.69) is 28.5 Å². The van der Waals surface area contributed by atoms with Gasteiger partial charge in [-0.1, -0.05) is 6.92 Å². The third-order valence-electron chi connectivity index (χ3n) is 3.62. The summed E-state index contributed by atoms with van der Waals surface area (Å²) in [5, 5.41) is 11.7. The highest BCUT2D eigenvalue weighted by molar-refractivity contribution is 7.15. The summed E-state index contributed by atoms with van der Waals surface area (Å²) in [5.74, 6) is 1.42. The lowest BCUT2D eigenvalue weighted by Crippen LogP contribution is -2.17. The largest absolute Gasteiger partial charge is 0.420 e. The van der Waals surface area contributed by atoms with E-state index in [4.69, 9.17) is 4.42 Å². The molecular weight excluding hydrogens is 270 g/mol. The molecular formula is C15H21N3OS. The van der Waals surface area contributed by atoms with Crippen molar-refractivity contribution in [3.8, 4) is 10.8 Å². The zero-order valence-corrected chi connectivity index (χ0v) is 12.8. The van der Waals surface area contributed by atoms with E-state index in [9.17, 15) is 0 Å². The van der Waals surface area contributed by atoms with Crippen LogP contribution in [0.15, 0.2) is 10.5 Å². The van der Waals surface area contributed by atoms with E-state index < -0.39 is 0 Å². The minimum atomic E-state index is 0.690. The summed E-state index contributed by atoms with van der Waals surface area (Å²) in [7, 11) is 0. The summed E-state index contributed by atoms with van der Waals surface area (Å²) < 4.78 is 5.78. The van der Waals surface area contributed by atoms with Gasteiger partial charge in [0, 0.05) is 17.8 Å². The van der Waals surface area contributed by atoms with Gasteiger partial charge in [0.1, 0.15) is 0 Å². The molecule has 20 heavy (non-hydrogen) atoms. The van der Waals surface area contributed by atoms with E-state index in [1.807, 2.05) is 11.3 Å². The Kier molecular flexibility index (Phi) is 4.47. The maximum atomic E-state index is 5.78. The topological polar surface area (TPSA) is 51.0 Å². The Morgan fingerprint density at radius 3 is 3.00 bits per heavy atom. The van der Waals surface area contributed by atoms with Crippen LogP contribution in [-0.2, 0) is 19.3 Å². The van der Waals surface area contributed by atoms with Crippen LogP contribution in [-0.4, -0.2) is 23.3 Å². The molecule has 0 atom stereocenters. The third kappa shape index (κ3) is 3.10. The van der Waals surface area contributed by atoms with Gasteiger partial charge in [-0.25, -0.2) is 0 Å². The third-order valence-corrected chi connectivity index (χ3v) is 4.84. The quantitative estimate of drug-likeness (QED) is 0.830. The average molecular weight is 291 g/mol. The van der Waals surface area contributed by atoms with E-state index in [1.54, 1.807) is 0 Å². The first kappa shape index (κ1) is 13.8. The number of hydrogen-bond acceptors (Lipinski definition) is 5. The van der Waals surface area contributed by atoms with Gasteiger partial charge in [0.15, 0.2) is 0 Å². The molecule has 0 aliphatic heterocycles. The molecule has 0 fully saturated rings. The van der Waals surface area contributed by atoms with Gasteiger partial charge in [0.2, 0.25) is 5.89 Å². The Hall–Kier alpha value is -1.20. The molecule has 5 heteroatoms. The molecule has 0 saturated carbocycles. The molecule has 0 bridgehead atoms. The van der Waals surface area contributed by atoms with Crippen LogP contribution in [0.1, 0.15) is 42.5 Å². The summed E-state index contributed by atoms with van der Waals surface area (Å²) in [4.78, 5) is 2.65. The predicted molar refractivity (Wildman–Crippen MR) is 81.1 cm³/mol. The second kappa shape index (κ2) is 6.50. The molecule has 2 aromatic heterocycles. The minimum absolute atomic E-state index is 0.690.